The molecule has 1 aliphatic rings. The predicted molar refractivity (Wildman–Crippen MR) is 114 cm³/mol. The van der Waals surface area contributed by atoms with Crippen LogP contribution in [0.5, 0.6) is 17.2 Å². The molecule has 1 heterocycles. The first-order chi connectivity index (χ1) is 14.9. The Morgan fingerprint density at radius 2 is 1.77 bits per heavy atom. The number of carbonyl (C=O) groups excluding carboxylic acids is 3. The van der Waals surface area contributed by atoms with Crippen LogP contribution in [0.3, 0.4) is 0 Å². The third kappa shape index (κ3) is 4.47. The Morgan fingerprint density at radius 3 is 2.39 bits per heavy atom. The van der Waals surface area contributed by atoms with Crippen molar-refractivity contribution in [1.29, 1.82) is 0 Å². The molecule has 1 fully saturated rings. The van der Waals surface area contributed by atoms with E-state index in [1.807, 2.05) is 0 Å². The number of methoxy groups -OCH3 is 2. The van der Waals surface area contributed by atoms with E-state index in [1.165, 1.54) is 32.4 Å². The number of imide groups is 2. The van der Waals surface area contributed by atoms with Crippen LogP contribution in [0.15, 0.2) is 42.0 Å². The lowest BCUT2D eigenvalue weighted by atomic mass is 10.1. The summed E-state index contributed by atoms with van der Waals surface area (Å²) in [6.45, 7) is 0.116. The number of urea groups is 1. The predicted octanol–water partition coefficient (Wildman–Crippen LogP) is 3.04. The van der Waals surface area contributed by atoms with E-state index >= 15 is 0 Å². The molecule has 0 aliphatic carbocycles. The molecule has 0 aromatic heterocycles. The summed E-state index contributed by atoms with van der Waals surface area (Å²) in [7, 11) is 2.75. The van der Waals surface area contributed by atoms with Gasteiger partial charge in [-0.3, -0.25) is 14.9 Å². The summed E-state index contributed by atoms with van der Waals surface area (Å²) in [6, 6.07) is 8.44. The number of hydrogen-bond donors (Lipinski definition) is 1. The molecule has 158 valence electrons. The number of anilines is 1. The van der Waals surface area contributed by atoms with Gasteiger partial charge < -0.3 is 14.2 Å². The molecular formula is C22H17ClN2O6. The molecule has 2 aromatic rings. The van der Waals surface area contributed by atoms with E-state index in [2.05, 4.69) is 11.2 Å². The zero-order valence-electron chi connectivity index (χ0n) is 16.6. The lowest BCUT2D eigenvalue weighted by molar-refractivity contribution is -0.122. The standard InChI is InChI=1S/C22H17ClN2O6/c1-4-9-31-14-7-5-13(6-8-14)10-15-20(26)24-22(28)25(21(15)27)17-12-18(29-2)16(23)11-19(17)30-3/h1,5-8,10-12H,9H2,2-3H3,(H,24,26,28)/b15-10+. The van der Waals surface area contributed by atoms with Gasteiger partial charge in [0.25, 0.3) is 11.8 Å². The van der Waals surface area contributed by atoms with Crippen molar-refractivity contribution < 1.29 is 28.6 Å². The summed E-state index contributed by atoms with van der Waals surface area (Å²) < 4.78 is 15.7. The third-order valence-electron chi connectivity index (χ3n) is 4.31. The van der Waals surface area contributed by atoms with Crippen molar-refractivity contribution in [2.45, 2.75) is 0 Å². The Hall–Kier alpha value is -3.96. The molecule has 1 N–H and O–H groups in total. The van der Waals surface area contributed by atoms with Gasteiger partial charge in [-0.05, 0) is 23.8 Å². The minimum atomic E-state index is -0.923. The third-order valence-corrected chi connectivity index (χ3v) is 4.60. The van der Waals surface area contributed by atoms with E-state index in [1.54, 1.807) is 24.3 Å². The second kappa shape index (κ2) is 9.24. The van der Waals surface area contributed by atoms with Gasteiger partial charge in [0, 0.05) is 12.1 Å². The molecule has 2 aromatic carbocycles. The number of amides is 4. The van der Waals surface area contributed by atoms with E-state index in [0.717, 1.165) is 4.90 Å². The quantitative estimate of drug-likeness (QED) is 0.421. The van der Waals surface area contributed by atoms with E-state index in [9.17, 15) is 14.4 Å². The topological polar surface area (TPSA) is 94.2 Å². The first-order valence-corrected chi connectivity index (χ1v) is 9.26. The minimum absolute atomic E-state index is 0.0719. The average Bonchev–Trinajstić information content (AvgIpc) is 2.76. The Balaban J connectivity index is 2.00. The van der Waals surface area contributed by atoms with Crippen LogP contribution in [-0.2, 0) is 9.59 Å². The van der Waals surface area contributed by atoms with Crippen LogP contribution >= 0.6 is 11.6 Å². The second-order valence-corrected chi connectivity index (χ2v) is 6.59. The largest absolute Gasteiger partial charge is 0.495 e. The van der Waals surface area contributed by atoms with Gasteiger partial charge in [-0.25, -0.2) is 9.69 Å². The molecule has 0 bridgehead atoms. The molecule has 31 heavy (non-hydrogen) atoms. The van der Waals surface area contributed by atoms with Gasteiger partial charge in [0.15, 0.2) is 0 Å². The Bertz CT molecular complexity index is 1120. The summed E-state index contributed by atoms with van der Waals surface area (Å²) in [4.78, 5) is 38.8. The van der Waals surface area contributed by atoms with Crippen LogP contribution in [0.1, 0.15) is 5.56 Å². The zero-order valence-corrected chi connectivity index (χ0v) is 17.4. The summed E-state index contributed by atoms with van der Waals surface area (Å²) in [5, 5.41) is 2.38. The van der Waals surface area contributed by atoms with Crippen LogP contribution < -0.4 is 24.4 Å². The SMILES string of the molecule is C#CCOc1ccc(/C=C2\C(=O)NC(=O)N(c3cc(OC)c(Cl)cc3OC)C2=O)cc1. The fourth-order valence-electron chi connectivity index (χ4n) is 2.85. The highest BCUT2D eigenvalue weighted by Crippen LogP contribution is 2.39. The van der Waals surface area contributed by atoms with E-state index in [0.29, 0.717) is 11.3 Å². The van der Waals surface area contributed by atoms with E-state index in [4.69, 9.17) is 32.2 Å². The molecule has 4 amide bonds. The lowest BCUT2D eigenvalue weighted by Gasteiger charge is -2.28. The summed E-state index contributed by atoms with van der Waals surface area (Å²) in [6.07, 6.45) is 6.52. The number of nitrogens with one attached hydrogen (secondary N) is 1. The molecule has 0 spiro atoms. The number of ether oxygens (including phenoxy) is 3. The van der Waals surface area contributed by atoms with E-state index in [-0.39, 0.29) is 34.4 Å². The molecule has 8 nitrogen and oxygen atoms in total. The fraction of sp³-hybridized carbons (Fsp3) is 0.136. The average molecular weight is 441 g/mol. The number of carbonyl (C=O) groups is 3. The highest BCUT2D eigenvalue weighted by Gasteiger charge is 2.38. The number of rotatable bonds is 6. The Kier molecular flexibility index (Phi) is 6.48. The summed E-state index contributed by atoms with van der Waals surface area (Å²) in [5.74, 6) is 1.62. The number of benzene rings is 2. The van der Waals surface area contributed by atoms with Gasteiger partial charge in [-0.1, -0.05) is 29.7 Å². The smallest absolute Gasteiger partial charge is 0.336 e. The van der Waals surface area contributed by atoms with Crippen LogP contribution in [0.25, 0.3) is 6.08 Å². The monoisotopic (exact) mass is 440 g/mol. The van der Waals surface area contributed by atoms with Gasteiger partial charge in [0.2, 0.25) is 0 Å². The first-order valence-electron chi connectivity index (χ1n) is 8.89. The number of hydrogen-bond acceptors (Lipinski definition) is 6. The van der Waals surface area contributed by atoms with Crippen molar-refractivity contribution in [3.63, 3.8) is 0 Å². The van der Waals surface area contributed by atoms with Crippen molar-refractivity contribution in [3.05, 3.63) is 52.6 Å². The van der Waals surface area contributed by atoms with Gasteiger partial charge in [-0.2, -0.15) is 0 Å². The van der Waals surface area contributed by atoms with Crippen LogP contribution in [0.4, 0.5) is 10.5 Å². The van der Waals surface area contributed by atoms with Gasteiger partial charge in [0.1, 0.15) is 29.4 Å². The second-order valence-electron chi connectivity index (χ2n) is 6.18. The van der Waals surface area contributed by atoms with Crippen molar-refractivity contribution in [2.24, 2.45) is 0 Å². The zero-order chi connectivity index (χ0) is 22.5. The van der Waals surface area contributed by atoms with Crippen molar-refractivity contribution in [2.75, 3.05) is 25.7 Å². The maximum Gasteiger partial charge on any atom is 0.336 e. The van der Waals surface area contributed by atoms with Gasteiger partial charge in [-0.15, -0.1) is 6.42 Å². The molecule has 3 rings (SSSR count). The van der Waals surface area contributed by atoms with Crippen molar-refractivity contribution >= 4 is 41.2 Å². The van der Waals surface area contributed by atoms with Crippen LogP contribution in [0.2, 0.25) is 5.02 Å². The number of terminal acetylenes is 1. The molecule has 0 saturated carbocycles. The van der Waals surface area contributed by atoms with Crippen LogP contribution in [0, 0.1) is 12.3 Å². The number of nitrogens with zero attached hydrogens (tertiary/aromatic N) is 1. The fourth-order valence-corrected chi connectivity index (χ4v) is 3.08. The maximum atomic E-state index is 13.1. The Morgan fingerprint density at radius 1 is 1.10 bits per heavy atom. The van der Waals surface area contributed by atoms with Crippen molar-refractivity contribution in [3.8, 4) is 29.6 Å². The first kappa shape index (κ1) is 21.7. The normalized spacial score (nSPS) is 14.8. The number of barbiturate groups is 1. The highest BCUT2D eigenvalue weighted by atomic mass is 35.5. The van der Waals surface area contributed by atoms with Crippen molar-refractivity contribution in [1.82, 2.24) is 5.32 Å². The molecule has 0 atom stereocenters. The molecule has 9 heteroatoms. The molecule has 1 aliphatic heterocycles. The van der Waals surface area contributed by atoms with Crippen LogP contribution in [-0.4, -0.2) is 38.7 Å². The molecule has 1 saturated heterocycles. The van der Waals surface area contributed by atoms with Gasteiger partial charge >= 0.3 is 6.03 Å². The lowest BCUT2D eigenvalue weighted by Crippen LogP contribution is -2.54. The maximum absolute atomic E-state index is 13.1. The molecular weight excluding hydrogens is 424 g/mol. The number of halogens is 1. The van der Waals surface area contributed by atoms with E-state index < -0.39 is 17.8 Å². The summed E-state index contributed by atoms with van der Waals surface area (Å²) in [5.41, 5.74) is 0.372. The molecule has 0 unspecified atom stereocenters. The highest BCUT2D eigenvalue weighted by molar-refractivity contribution is 6.39. The minimum Gasteiger partial charge on any atom is -0.495 e. The summed E-state index contributed by atoms with van der Waals surface area (Å²) >= 11 is 6.10. The molecule has 0 radical (unpaired) electrons. The Labute approximate surface area is 183 Å². The van der Waals surface area contributed by atoms with Gasteiger partial charge in [0.05, 0.1) is 24.9 Å².